The van der Waals surface area contributed by atoms with Crippen LogP contribution < -0.4 is 10.6 Å². The number of pyridine rings is 1. The van der Waals surface area contributed by atoms with Crippen molar-refractivity contribution in [3.8, 4) is 6.07 Å². The molecule has 1 aromatic heterocycles. The van der Waals surface area contributed by atoms with Gasteiger partial charge in [0.15, 0.2) is 0 Å². The fraction of sp³-hybridized carbons (Fsp3) is 0.294. The third kappa shape index (κ3) is 5.16. The van der Waals surface area contributed by atoms with Crippen LogP contribution in [-0.2, 0) is 16.5 Å². The van der Waals surface area contributed by atoms with Gasteiger partial charge in [-0.15, -0.1) is 0 Å². The van der Waals surface area contributed by atoms with Crippen molar-refractivity contribution in [2.75, 3.05) is 30.3 Å². The fourth-order valence-corrected chi connectivity index (χ4v) is 2.85. The summed E-state index contributed by atoms with van der Waals surface area (Å²) in [7, 11) is -4.18. The summed E-state index contributed by atoms with van der Waals surface area (Å²) in [6, 6.07) is 9.84. The number of nitrogens with zero attached hydrogens (tertiary/aromatic N) is 2. The van der Waals surface area contributed by atoms with E-state index in [1.807, 2.05) is 6.92 Å². The van der Waals surface area contributed by atoms with Gasteiger partial charge in [0, 0.05) is 13.1 Å². The van der Waals surface area contributed by atoms with Gasteiger partial charge in [-0.25, -0.2) is 4.98 Å². The number of hydrogen-bond donors (Lipinski definition) is 4. The van der Waals surface area contributed by atoms with Crippen LogP contribution in [0.4, 0.5) is 11.6 Å². The minimum Gasteiger partial charge on any atom is -0.395 e. The van der Waals surface area contributed by atoms with Crippen LogP contribution in [0.25, 0.3) is 0 Å². The Bertz CT molecular complexity index is 906. The maximum atomic E-state index is 11.0. The molecule has 9 heteroatoms. The Balaban J connectivity index is 2.03. The number of aliphatic hydroxyl groups excluding tert-OH is 1. The van der Waals surface area contributed by atoms with Crippen molar-refractivity contribution in [3.05, 3.63) is 47.0 Å². The number of benzene rings is 1. The van der Waals surface area contributed by atoms with E-state index in [1.165, 1.54) is 12.1 Å². The van der Waals surface area contributed by atoms with Crippen molar-refractivity contribution < 1.29 is 18.1 Å². The van der Waals surface area contributed by atoms with Gasteiger partial charge in [-0.2, -0.15) is 13.7 Å². The van der Waals surface area contributed by atoms with E-state index in [4.69, 9.17) is 9.66 Å². The molecule has 0 aliphatic carbocycles. The lowest BCUT2D eigenvalue weighted by Crippen LogP contribution is -2.12. The summed E-state index contributed by atoms with van der Waals surface area (Å²) in [5.74, 6) is 1.01. The molecule has 0 radical (unpaired) electrons. The number of anilines is 2. The summed E-state index contributed by atoms with van der Waals surface area (Å²) in [4.78, 5) is 4.21. The predicted octanol–water partition coefficient (Wildman–Crippen LogP) is 1.57. The number of hydrogen-bond acceptors (Lipinski definition) is 7. The van der Waals surface area contributed by atoms with Crippen LogP contribution in [0.2, 0.25) is 0 Å². The minimum atomic E-state index is -4.18. The Morgan fingerprint density at radius 1 is 1.19 bits per heavy atom. The monoisotopic (exact) mass is 376 g/mol. The largest absolute Gasteiger partial charge is 0.395 e. The van der Waals surface area contributed by atoms with Gasteiger partial charge < -0.3 is 15.7 Å². The first-order valence-electron chi connectivity index (χ1n) is 7.92. The molecule has 0 aliphatic rings. The summed E-state index contributed by atoms with van der Waals surface area (Å²) < 4.78 is 31.0. The molecule has 0 saturated heterocycles. The summed E-state index contributed by atoms with van der Waals surface area (Å²) in [5, 5.41) is 24.2. The third-order valence-electron chi connectivity index (χ3n) is 3.67. The first-order valence-corrected chi connectivity index (χ1v) is 9.36. The van der Waals surface area contributed by atoms with Gasteiger partial charge in [0.25, 0.3) is 10.1 Å². The molecule has 4 N–H and O–H groups in total. The Labute approximate surface area is 152 Å². The van der Waals surface area contributed by atoms with Crippen molar-refractivity contribution >= 4 is 21.8 Å². The molecule has 0 aliphatic heterocycles. The van der Waals surface area contributed by atoms with Crippen LogP contribution in [0.5, 0.6) is 0 Å². The Hall–Kier alpha value is -2.67. The molecule has 0 unspecified atom stereocenters. The van der Waals surface area contributed by atoms with E-state index in [0.717, 1.165) is 11.1 Å². The van der Waals surface area contributed by atoms with E-state index in [1.54, 1.807) is 18.2 Å². The van der Waals surface area contributed by atoms with Gasteiger partial charge in [-0.05, 0) is 42.7 Å². The van der Waals surface area contributed by atoms with Gasteiger partial charge in [0.05, 0.1) is 17.1 Å². The van der Waals surface area contributed by atoms with Crippen LogP contribution in [0, 0.1) is 18.3 Å². The fourth-order valence-electron chi connectivity index (χ4n) is 2.37. The maximum Gasteiger partial charge on any atom is 0.294 e. The van der Waals surface area contributed by atoms with Crippen LogP contribution in [0.3, 0.4) is 0 Å². The molecular formula is C17H20N4O4S. The maximum absolute atomic E-state index is 11.0. The highest BCUT2D eigenvalue weighted by Gasteiger charge is 2.10. The molecule has 2 rings (SSSR count). The second kappa shape index (κ2) is 8.62. The lowest BCUT2D eigenvalue weighted by molar-refractivity contribution is 0.311. The Kier molecular flexibility index (Phi) is 6.52. The lowest BCUT2D eigenvalue weighted by Gasteiger charge is -2.12. The van der Waals surface area contributed by atoms with E-state index in [9.17, 15) is 13.7 Å². The number of aryl methyl sites for hydroxylation is 1. The van der Waals surface area contributed by atoms with Crippen molar-refractivity contribution in [1.82, 2.24) is 4.98 Å². The number of nitriles is 1. The first-order chi connectivity index (χ1) is 12.3. The van der Waals surface area contributed by atoms with Crippen LogP contribution in [0.15, 0.2) is 35.2 Å². The summed E-state index contributed by atoms with van der Waals surface area (Å²) >= 11 is 0. The lowest BCUT2D eigenvalue weighted by atomic mass is 10.1. The molecule has 138 valence electrons. The van der Waals surface area contributed by atoms with Crippen LogP contribution in [-0.4, -0.2) is 42.8 Å². The van der Waals surface area contributed by atoms with Gasteiger partial charge in [0.2, 0.25) is 0 Å². The molecule has 26 heavy (non-hydrogen) atoms. The van der Waals surface area contributed by atoms with Gasteiger partial charge in [-0.1, -0.05) is 12.1 Å². The van der Waals surface area contributed by atoms with E-state index in [2.05, 4.69) is 21.7 Å². The van der Waals surface area contributed by atoms with Gasteiger partial charge in [0.1, 0.15) is 17.7 Å². The predicted molar refractivity (Wildman–Crippen MR) is 97.7 cm³/mol. The molecule has 0 atom stereocenters. The second-order valence-electron chi connectivity index (χ2n) is 5.61. The van der Waals surface area contributed by atoms with Crippen molar-refractivity contribution in [1.29, 1.82) is 5.26 Å². The molecule has 0 amide bonds. The van der Waals surface area contributed by atoms with Gasteiger partial charge >= 0.3 is 0 Å². The summed E-state index contributed by atoms with van der Waals surface area (Å²) in [6.07, 6.45) is 0.617. The van der Waals surface area contributed by atoms with Crippen LogP contribution in [0.1, 0.15) is 16.7 Å². The molecule has 0 spiro atoms. The topological polar surface area (TPSA) is 135 Å². The zero-order valence-corrected chi connectivity index (χ0v) is 15.0. The summed E-state index contributed by atoms with van der Waals surface area (Å²) in [5.41, 5.74) is 2.10. The molecule has 8 nitrogen and oxygen atoms in total. The molecule has 1 aromatic carbocycles. The standard InChI is InChI=1S/C17H20N4O4S/c1-12-10-16(21-17(15(12)11-18)20-8-9-22)19-7-6-13-2-4-14(5-3-13)26(23,24)25/h2-5,10,22H,6-9H2,1H3,(H2,19,20,21)(H,23,24,25). The smallest absolute Gasteiger partial charge is 0.294 e. The van der Waals surface area contributed by atoms with E-state index >= 15 is 0 Å². The molecule has 0 fully saturated rings. The van der Waals surface area contributed by atoms with Gasteiger partial charge in [-0.3, -0.25) is 4.55 Å². The van der Waals surface area contributed by atoms with Crippen molar-refractivity contribution in [3.63, 3.8) is 0 Å². The summed E-state index contributed by atoms with van der Waals surface area (Å²) in [6.45, 7) is 2.58. The van der Waals surface area contributed by atoms with E-state index in [-0.39, 0.29) is 11.5 Å². The zero-order valence-electron chi connectivity index (χ0n) is 14.2. The normalized spacial score (nSPS) is 11.0. The average molecular weight is 376 g/mol. The van der Waals surface area contributed by atoms with Crippen molar-refractivity contribution in [2.24, 2.45) is 0 Å². The highest BCUT2D eigenvalue weighted by atomic mass is 32.2. The number of rotatable bonds is 8. The number of aliphatic hydroxyl groups is 1. The zero-order chi connectivity index (χ0) is 19.2. The molecular weight excluding hydrogens is 356 g/mol. The first kappa shape index (κ1) is 19.7. The second-order valence-corrected chi connectivity index (χ2v) is 7.03. The highest BCUT2D eigenvalue weighted by Crippen LogP contribution is 2.20. The quantitative estimate of drug-likeness (QED) is 0.510. The molecule has 2 aromatic rings. The minimum absolute atomic E-state index is 0.0667. The molecule has 1 heterocycles. The molecule has 0 saturated carbocycles. The molecule has 0 bridgehead atoms. The number of aromatic nitrogens is 1. The van der Waals surface area contributed by atoms with Crippen molar-refractivity contribution in [2.45, 2.75) is 18.2 Å². The van der Waals surface area contributed by atoms with Crippen LogP contribution >= 0.6 is 0 Å². The average Bonchev–Trinajstić information content (AvgIpc) is 2.59. The Morgan fingerprint density at radius 2 is 1.88 bits per heavy atom. The van der Waals surface area contributed by atoms with E-state index < -0.39 is 10.1 Å². The Morgan fingerprint density at radius 3 is 2.46 bits per heavy atom. The SMILES string of the molecule is Cc1cc(NCCc2ccc(S(=O)(=O)O)cc2)nc(NCCO)c1C#N. The number of nitrogens with one attached hydrogen (secondary N) is 2. The third-order valence-corrected chi connectivity index (χ3v) is 4.54. The highest BCUT2D eigenvalue weighted by molar-refractivity contribution is 7.85. The van der Waals surface area contributed by atoms with E-state index in [0.29, 0.717) is 36.7 Å².